The summed E-state index contributed by atoms with van der Waals surface area (Å²) in [5.74, 6) is 0.427. The minimum atomic E-state index is -0.481. The maximum atomic E-state index is 10.6. The van der Waals surface area contributed by atoms with Crippen LogP contribution in [0.5, 0.6) is 0 Å². The van der Waals surface area contributed by atoms with E-state index < -0.39 is 5.60 Å². The van der Waals surface area contributed by atoms with Gasteiger partial charge in [0, 0.05) is 6.54 Å². The first-order chi connectivity index (χ1) is 6.40. The van der Waals surface area contributed by atoms with Gasteiger partial charge in [0.05, 0.1) is 5.60 Å². The SMILES string of the molecule is CNCC1(O)CCCCC1C(C)(C)C. The van der Waals surface area contributed by atoms with E-state index in [1.807, 2.05) is 7.05 Å². The summed E-state index contributed by atoms with van der Waals surface area (Å²) in [4.78, 5) is 0. The van der Waals surface area contributed by atoms with Gasteiger partial charge in [-0.1, -0.05) is 33.6 Å². The highest BCUT2D eigenvalue weighted by atomic mass is 16.3. The van der Waals surface area contributed by atoms with Crippen LogP contribution in [0, 0.1) is 11.3 Å². The van der Waals surface area contributed by atoms with E-state index in [0.717, 1.165) is 13.0 Å². The molecule has 2 unspecified atom stereocenters. The Labute approximate surface area is 88.1 Å². The second kappa shape index (κ2) is 4.19. The second-order valence-electron chi connectivity index (χ2n) is 5.80. The first-order valence-electron chi connectivity index (χ1n) is 5.77. The summed E-state index contributed by atoms with van der Waals surface area (Å²) in [6, 6.07) is 0. The molecule has 0 radical (unpaired) electrons. The van der Waals surface area contributed by atoms with Crippen LogP contribution in [0.1, 0.15) is 46.5 Å². The minimum absolute atomic E-state index is 0.214. The normalized spacial score (nSPS) is 34.5. The summed E-state index contributed by atoms with van der Waals surface area (Å²) in [6.07, 6.45) is 4.57. The third-order valence-corrected chi connectivity index (χ3v) is 3.53. The molecule has 0 saturated heterocycles. The molecule has 1 aliphatic carbocycles. The molecule has 14 heavy (non-hydrogen) atoms. The molecule has 0 spiro atoms. The van der Waals surface area contributed by atoms with Gasteiger partial charge in [0.1, 0.15) is 0 Å². The largest absolute Gasteiger partial charge is 0.388 e. The van der Waals surface area contributed by atoms with Gasteiger partial charge < -0.3 is 10.4 Å². The zero-order valence-corrected chi connectivity index (χ0v) is 10.1. The summed E-state index contributed by atoms with van der Waals surface area (Å²) in [7, 11) is 1.92. The van der Waals surface area contributed by atoms with E-state index in [1.54, 1.807) is 0 Å². The molecule has 0 amide bonds. The maximum absolute atomic E-state index is 10.6. The Morgan fingerprint density at radius 3 is 2.50 bits per heavy atom. The average molecular weight is 199 g/mol. The van der Waals surface area contributed by atoms with Crippen molar-refractivity contribution in [1.82, 2.24) is 5.32 Å². The van der Waals surface area contributed by atoms with Gasteiger partial charge in [-0.3, -0.25) is 0 Å². The Bertz CT molecular complexity index is 181. The highest BCUT2D eigenvalue weighted by Gasteiger charge is 2.44. The Morgan fingerprint density at radius 2 is 2.00 bits per heavy atom. The van der Waals surface area contributed by atoms with Gasteiger partial charge >= 0.3 is 0 Å². The van der Waals surface area contributed by atoms with Crippen molar-refractivity contribution in [2.75, 3.05) is 13.6 Å². The molecule has 1 rings (SSSR count). The number of likely N-dealkylation sites (N-methyl/N-ethyl adjacent to an activating group) is 1. The Kier molecular flexibility index (Phi) is 3.59. The number of aliphatic hydroxyl groups is 1. The van der Waals surface area contributed by atoms with Crippen molar-refractivity contribution in [3.63, 3.8) is 0 Å². The fraction of sp³-hybridized carbons (Fsp3) is 1.00. The van der Waals surface area contributed by atoms with Crippen LogP contribution in [0.4, 0.5) is 0 Å². The van der Waals surface area contributed by atoms with E-state index in [9.17, 15) is 5.11 Å². The molecule has 0 bridgehead atoms. The predicted octanol–water partition coefficient (Wildman–Crippen LogP) is 2.17. The lowest BCUT2D eigenvalue weighted by molar-refractivity contribution is -0.0863. The number of hydrogen-bond acceptors (Lipinski definition) is 2. The van der Waals surface area contributed by atoms with Crippen LogP contribution in [-0.2, 0) is 0 Å². The zero-order valence-electron chi connectivity index (χ0n) is 10.1. The fourth-order valence-corrected chi connectivity index (χ4v) is 2.98. The van der Waals surface area contributed by atoms with E-state index in [2.05, 4.69) is 26.1 Å². The first kappa shape index (κ1) is 12.0. The molecule has 2 nitrogen and oxygen atoms in total. The average Bonchev–Trinajstić information content (AvgIpc) is 2.02. The number of rotatable bonds is 2. The topological polar surface area (TPSA) is 32.3 Å². The van der Waals surface area contributed by atoms with Crippen LogP contribution >= 0.6 is 0 Å². The molecule has 2 N–H and O–H groups in total. The Balaban J connectivity index is 2.78. The van der Waals surface area contributed by atoms with Gasteiger partial charge in [-0.15, -0.1) is 0 Å². The first-order valence-corrected chi connectivity index (χ1v) is 5.77. The summed E-state index contributed by atoms with van der Waals surface area (Å²) in [5.41, 5.74) is -0.267. The van der Waals surface area contributed by atoms with Crippen LogP contribution in [0.3, 0.4) is 0 Å². The molecule has 0 aromatic carbocycles. The summed E-state index contributed by atoms with van der Waals surface area (Å²) in [6.45, 7) is 7.45. The van der Waals surface area contributed by atoms with Gasteiger partial charge in [-0.05, 0) is 31.2 Å². The van der Waals surface area contributed by atoms with Crippen molar-refractivity contribution < 1.29 is 5.11 Å². The molecule has 0 aromatic rings. The van der Waals surface area contributed by atoms with Crippen LogP contribution < -0.4 is 5.32 Å². The summed E-state index contributed by atoms with van der Waals surface area (Å²) < 4.78 is 0. The van der Waals surface area contributed by atoms with Crippen molar-refractivity contribution in [3.05, 3.63) is 0 Å². The molecule has 1 fully saturated rings. The van der Waals surface area contributed by atoms with E-state index in [0.29, 0.717) is 5.92 Å². The molecule has 0 heterocycles. The van der Waals surface area contributed by atoms with Crippen LogP contribution in [0.2, 0.25) is 0 Å². The molecule has 2 heteroatoms. The molecule has 1 saturated carbocycles. The maximum Gasteiger partial charge on any atom is 0.0804 e. The lowest BCUT2D eigenvalue weighted by Gasteiger charge is -2.46. The molecule has 84 valence electrons. The molecule has 0 aliphatic heterocycles. The van der Waals surface area contributed by atoms with Gasteiger partial charge in [0.2, 0.25) is 0 Å². The lowest BCUT2D eigenvalue weighted by Crippen LogP contribution is -2.52. The van der Waals surface area contributed by atoms with E-state index >= 15 is 0 Å². The molecular weight excluding hydrogens is 174 g/mol. The van der Waals surface area contributed by atoms with Gasteiger partial charge in [0.25, 0.3) is 0 Å². The second-order valence-corrected chi connectivity index (χ2v) is 5.80. The molecular formula is C12H25NO. The lowest BCUT2D eigenvalue weighted by atomic mass is 9.64. The summed E-state index contributed by atoms with van der Waals surface area (Å²) >= 11 is 0. The monoisotopic (exact) mass is 199 g/mol. The number of hydrogen-bond donors (Lipinski definition) is 2. The van der Waals surface area contributed by atoms with Gasteiger partial charge in [-0.2, -0.15) is 0 Å². The van der Waals surface area contributed by atoms with Crippen LogP contribution in [-0.4, -0.2) is 24.3 Å². The van der Waals surface area contributed by atoms with E-state index in [-0.39, 0.29) is 5.41 Å². The van der Waals surface area contributed by atoms with Crippen molar-refractivity contribution in [2.24, 2.45) is 11.3 Å². The third-order valence-electron chi connectivity index (χ3n) is 3.53. The highest BCUT2D eigenvalue weighted by molar-refractivity contribution is 4.96. The molecule has 0 aromatic heterocycles. The van der Waals surface area contributed by atoms with Crippen LogP contribution in [0.25, 0.3) is 0 Å². The third kappa shape index (κ3) is 2.48. The van der Waals surface area contributed by atoms with Crippen molar-refractivity contribution in [3.8, 4) is 0 Å². The minimum Gasteiger partial charge on any atom is -0.388 e. The smallest absolute Gasteiger partial charge is 0.0804 e. The van der Waals surface area contributed by atoms with E-state index in [1.165, 1.54) is 19.3 Å². The predicted molar refractivity (Wildman–Crippen MR) is 60.3 cm³/mol. The molecule has 2 atom stereocenters. The molecule has 1 aliphatic rings. The Hall–Kier alpha value is -0.0800. The van der Waals surface area contributed by atoms with Gasteiger partial charge in [0.15, 0.2) is 0 Å². The highest BCUT2D eigenvalue weighted by Crippen LogP contribution is 2.43. The van der Waals surface area contributed by atoms with Crippen molar-refractivity contribution >= 4 is 0 Å². The number of nitrogens with one attached hydrogen (secondary N) is 1. The standard InChI is InChI=1S/C12H25NO/c1-11(2,3)10-7-5-6-8-12(10,14)9-13-4/h10,13-14H,5-9H2,1-4H3. The fourth-order valence-electron chi connectivity index (χ4n) is 2.98. The Morgan fingerprint density at radius 1 is 1.36 bits per heavy atom. The van der Waals surface area contributed by atoms with E-state index in [4.69, 9.17) is 0 Å². The van der Waals surface area contributed by atoms with Crippen LogP contribution in [0.15, 0.2) is 0 Å². The quantitative estimate of drug-likeness (QED) is 0.714. The van der Waals surface area contributed by atoms with Crippen molar-refractivity contribution in [1.29, 1.82) is 0 Å². The zero-order chi connectivity index (χ0) is 10.8. The summed E-state index contributed by atoms with van der Waals surface area (Å²) in [5, 5.41) is 13.7. The van der Waals surface area contributed by atoms with Crippen molar-refractivity contribution in [2.45, 2.75) is 52.1 Å². The van der Waals surface area contributed by atoms with Gasteiger partial charge in [-0.25, -0.2) is 0 Å².